The molecular weight excluding hydrogens is 352 g/mol. The molecule has 3 heterocycles. The van der Waals surface area contributed by atoms with E-state index in [1.165, 1.54) is 5.56 Å². The summed E-state index contributed by atoms with van der Waals surface area (Å²) < 4.78 is 6.09. The number of rotatable bonds is 6. The maximum atomic E-state index is 12.4. The number of benzene rings is 1. The highest BCUT2D eigenvalue weighted by molar-refractivity contribution is 5.79. The molecule has 28 heavy (non-hydrogen) atoms. The SMILES string of the molecule is CCCC(C)C(=O)N1CC(c2nnc([C@@H]3NCCC[C@@H]3c3ccccc3)o2)C1. The molecule has 3 atom stereocenters. The molecule has 2 saturated heterocycles. The minimum Gasteiger partial charge on any atom is -0.423 e. The number of aromatic nitrogens is 2. The predicted octanol–water partition coefficient (Wildman–Crippen LogP) is 3.64. The van der Waals surface area contributed by atoms with Gasteiger partial charge in [0.2, 0.25) is 17.7 Å². The van der Waals surface area contributed by atoms with Crippen molar-refractivity contribution in [1.82, 2.24) is 20.4 Å². The highest BCUT2D eigenvalue weighted by Crippen LogP contribution is 2.38. The van der Waals surface area contributed by atoms with Crippen molar-refractivity contribution >= 4 is 5.91 Å². The lowest BCUT2D eigenvalue weighted by Crippen LogP contribution is -2.50. The van der Waals surface area contributed by atoms with Gasteiger partial charge in [0.05, 0.1) is 12.0 Å². The normalized spacial score (nSPS) is 24.0. The third-order valence-corrected chi connectivity index (χ3v) is 6.09. The highest BCUT2D eigenvalue weighted by Gasteiger charge is 2.38. The fraction of sp³-hybridized carbons (Fsp3) is 0.591. The molecule has 4 rings (SSSR count). The molecule has 1 aromatic carbocycles. The van der Waals surface area contributed by atoms with Crippen molar-refractivity contribution in [2.75, 3.05) is 19.6 Å². The first-order valence-electron chi connectivity index (χ1n) is 10.6. The molecule has 6 heteroatoms. The Morgan fingerprint density at radius 3 is 2.75 bits per heavy atom. The van der Waals surface area contributed by atoms with Gasteiger partial charge in [0.1, 0.15) is 0 Å². The van der Waals surface area contributed by atoms with Gasteiger partial charge < -0.3 is 14.6 Å². The number of amides is 1. The molecule has 6 nitrogen and oxygen atoms in total. The Labute approximate surface area is 166 Å². The van der Waals surface area contributed by atoms with Gasteiger partial charge >= 0.3 is 0 Å². The molecule has 2 aromatic rings. The second kappa shape index (κ2) is 8.43. The minimum atomic E-state index is 0.0554. The van der Waals surface area contributed by atoms with Gasteiger partial charge in [-0.1, -0.05) is 50.6 Å². The lowest BCUT2D eigenvalue weighted by Gasteiger charge is -2.38. The van der Waals surface area contributed by atoms with Gasteiger partial charge in [-0.25, -0.2) is 0 Å². The summed E-state index contributed by atoms with van der Waals surface area (Å²) in [6, 6.07) is 10.6. The number of piperidine rings is 1. The van der Waals surface area contributed by atoms with Crippen molar-refractivity contribution in [3.63, 3.8) is 0 Å². The van der Waals surface area contributed by atoms with E-state index in [4.69, 9.17) is 4.42 Å². The molecule has 2 fully saturated rings. The number of carbonyl (C=O) groups excluding carboxylic acids is 1. The first kappa shape index (κ1) is 19.1. The van der Waals surface area contributed by atoms with Gasteiger partial charge in [-0.15, -0.1) is 10.2 Å². The summed E-state index contributed by atoms with van der Waals surface area (Å²) in [5.74, 6) is 2.20. The van der Waals surface area contributed by atoms with E-state index in [0.29, 0.717) is 30.8 Å². The molecule has 2 aliphatic heterocycles. The number of nitrogens with zero attached hydrogens (tertiary/aromatic N) is 3. The first-order valence-corrected chi connectivity index (χ1v) is 10.6. The predicted molar refractivity (Wildman–Crippen MR) is 107 cm³/mol. The van der Waals surface area contributed by atoms with E-state index in [2.05, 4.69) is 46.7 Å². The number of nitrogens with one attached hydrogen (secondary N) is 1. The summed E-state index contributed by atoms with van der Waals surface area (Å²) in [7, 11) is 0. The van der Waals surface area contributed by atoms with E-state index in [0.717, 1.165) is 32.2 Å². The second-order valence-corrected chi connectivity index (χ2v) is 8.20. The quantitative estimate of drug-likeness (QED) is 0.826. The van der Waals surface area contributed by atoms with Gasteiger partial charge in [-0.05, 0) is 31.4 Å². The van der Waals surface area contributed by atoms with Crippen molar-refractivity contribution in [3.8, 4) is 0 Å². The Morgan fingerprint density at radius 2 is 2.00 bits per heavy atom. The Bertz CT molecular complexity index is 785. The molecule has 0 spiro atoms. The molecule has 1 amide bonds. The van der Waals surface area contributed by atoms with E-state index in [1.807, 2.05) is 17.9 Å². The van der Waals surface area contributed by atoms with Crippen LogP contribution in [0.4, 0.5) is 0 Å². The Hall–Kier alpha value is -2.21. The largest absolute Gasteiger partial charge is 0.423 e. The molecule has 1 unspecified atom stereocenters. The van der Waals surface area contributed by atoms with Crippen LogP contribution in [0.5, 0.6) is 0 Å². The maximum absolute atomic E-state index is 12.4. The third-order valence-electron chi connectivity index (χ3n) is 6.09. The van der Waals surface area contributed by atoms with E-state index in [1.54, 1.807) is 0 Å². The van der Waals surface area contributed by atoms with Crippen LogP contribution in [-0.2, 0) is 4.79 Å². The molecule has 0 aliphatic carbocycles. The smallest absolute Gasteiger partial charge is 0.234 e. The van der Waals surface area contributed by atoms with Crippen LogP contribution in [0.1, 0.15) is 74.8 Å². The molecular formula is C22H30N4O2. The van der Waals surface area contributed by atoms with Crippen molar-refractivity contribution in [2.45, 2.75) is 57.4 Å². The maximum Gasteiger partial charge on any atom is 0.234 e. The summed E-state index contributed by atoms with van der Waals surface area (Å²) in [4.78, 5) is 14.3. The standard InChI is InChI=1S/C22H30N4O2/c1-3-8-15(2)22(27)26-13-17(14-26)20-24-25-21(28-20)19-18(11-7-12-23-19)16-9-5-4-6-10-16/h4-6,9-10,15,17-19,23H,3,7-8,11-14H2,1-2H3/t15?,18-,19-/m1/s1. The summed E-state index contributed by atoms with van der Waals surface area (Å²) >= 11 is 0. The van der Waals surface area contributed by atoms with Crippen LogP contribution in [0.15, 0.2) is 34.7 Å². The molecule has 1 N–H and O–H groups in total. The van der Waals surface area contributed by atoms with Gasteiger partial charge in [0, 0.05) is 24.9 Å². The molecule has 0 bridgehead atoms. The fourth-order valence-corrected chi connectivity index (χ4v) is 4.43. The van der Waals surface area contributed by atoms with Crippen LogP contribution >= 0.6 is 0 Å². The zero-order chi connectivity index (χ0) is 19.5. The van der Waals surface area contributed by atoms with Crippen LogP contribution in [0.3, 0.4) is 0 Å². The number of hydrogen-bond donors (Lipinski definition) is 1. The molecule has 2 aliphatic rings. The van der Waals surface area contributed by atoms with Gasteiger partial charge in [0.15, 0.2) is 0 Å². The van der Waals surface area contributed by atoms with Crippen molar-refractivity contribution in [2.24, 2.45) is 5.92 Å². The van der Waals surface area contributed by atoms with Crippen molar-refractivity contribution in [1.29, 1.82) is 0 Å². The van der Waals surface area contributed by atoms with Crippen molar-refractivity contribution < 1.29 is 9.21 Å². The summed E-state index contributed by atoms with van der Waals surface area (Å²) in [5, 5.41) is 12.3. The monoisotopic (exact) mass is 382 g/mol. The Balaban J connectivity index is 1.41. The van der Waals surface area contributed by atoms with Crippen molar-refractivity contribution in [3.05, 3.63) is 47.7 Å². The number of likely N-dealkylation sites (tertiary alicyclic amines) is 1. The zero-order valence-electron chi connectivity index (χ0n) is 16.8. The average Bonchev–Trinajstić information content (AvgIpc) is 3.17. The van der Waals surface area contributed by atoms with Crippen LogP contribution in [0.2, 0.25) is 0 Å². The van der Waals surface area contributed by atoms with E-state index < -0.39 is 0 Å². The minimum absolute atomic E-state index is 0.0554. The molecule has 0 radical (unpaired) electrons. The molecule has 1 aromatic heterocycles. The summed E-state index contributed by atoms with van der Waals surface area (Å²) in [6.45, 7) is 6.48. The van der Waals surface area contributed by atoms with Gasteiger partial charge in [0.25, 0.3) is 0 Å². The van der Waals surface area contributed by atoms with Crippen LogP contribution in [0.25, 0.3) is 0 Å². The Morgan fingerprint density at radius 1 is 1.25 bits per heavy atom. The number of carbonyl (C=O) groups is 1. The van der Waals surface area contributed by atoms with E-state index in [-0.39, 0.29) is 23.8 Å². The lowest BCUT2D eigenvalue weighted by molar-refractivity contribution is -0.140. The van der Waals surface area contributed by atoms with Crippen LogP contribution in [0, 0.1) is 5.92 Å². The fourth-order valence-electron chi connectivity index (χ4n) is 4.43. The van der Waals surface area contributed by atoms with Crippen LogP contribution < -0.4 is 5.32 Å². The third kappa shape index (κ3) is 3.83. The zero-order valence-corrected chi connectivity index (χ0v) is 16.8. The lowest BCUT2D eigenvalue weighted by atomic mass is 9.85. The first-order chi connectivity index (χ1) is 13.7. The highest BCUT2D eigenvalue weighted by atomic mass is 16.4. The van der Waals surface area contributed by atoms with Gasteiger partial charge in [-0.2, -0.15) is 0 Å². The Kier molecular flexibility index (Phi) is 5.76. The summed E-state index contributed by atoms with van der Waals surface area (Å²) in [5.41, 5.74) is 1.31. The summed E-state index contributed by atoms with van der Waals surface area (Å²) in [6.07, 6.45) is 4.24. The topological polar surface area (TPSA) is 71.3 Å². The average molecular weight is 383 g/mol. The molecule has 0 saturated carbocycles. The second-order valence-electron chi connectivity index (χ2n) is 8.20. The number of hydrogen-bond acceptors (Lipinski definition) is 5. The van der Waals surface area contributed by atoms with Gasteiger partial charge in [-0.3, -0.25) is 4.79 Å². The van der Waals surface area contributed by atoms with Crippen LogP contribution in [-0.4, -0.2) is 40.6 Å². The molecule has 150 valence electrons. The van der Waals surface area contributed by atoms with E-state index in [9.17, 15) is 4.79 Å². The van der Waals surface area contributed by atoms with E-state index >= 15 is 0 Å².